The van der Waals surface area contributed by atoms with E-state index >= 15 is 0 Å². The van der Waals surface area contributed by atoms with Gasteiger partial charge in [0, 0.05) is 38.4 Å². The summed E-state index contributed by atoms with van der Waals surface area (Å²) in [5.41, 5.74) is 1.79. The Balaban J connectivity index is 1.21. The Hall–Kier alpha value is -4.01. The van der Waals surface area contributed by atoms with Crippen LogP contribution in [0.1, 0.15) is 10.5 Å². The molecule has 1 amide bonds. The van der Waals surface area contributed by atoms with Crippen molar-refractivity contribution in [2.45, 2.75) is 0 Å². The second-order valence-electron chi connectivity index (χ2n) is 6.82. The lowest BCUT2D eigenvalue weighted by Gasteiger charge is -2.34. The van der Waals surface area contributed by atoms with Crippen LogP contribution in [0.2, 0.25) is 0 Å². The molecule has 1 aliphatic heterocycles. The molecule has 30 heavy (non-hydrogen) atoms. The van der Waals surface area contributed by atoms with E-state index < -0.39 is 0 Å². The van der Waals surface area contributed by atoms with E-state index in [1.54, 1.807) is 35.6 Å². The van der Waals surface area contributed by atoms with Crippen LogP contribution in [0.25, 0.3) is 22.9 Å². The quantitative estimate of drug-likeness (QED) is 0.514. The minimum atomic E-state index is -0.159. The Bertz CT molecular complexity index is 1120. The Morgan fingerprint density at radius 3 is 2.50 bits per heavy atom. The summed E-state index contributed by atoms with van der Waals surface area (Å²) in [5, 5.41) is 12.5. The number of hydrogen-bond donors (Lipinski definition) is 0. The van der Waals surface area contributed by atoms with Gasteiger partial charge in [-0.2, -0.15) is 0 Å². The fourth-order valence-corrected chi connectivity index (χ4v) is 3.36. The van der Waals surface area contributed by atoms with E-state index in [0.29, 0.717) is 37.7 Å². The van der Waals surface area contributed by atoms with Crippen LogP contribution in [-0.4, -0.2) is 57.3 Å². The number of amides is 1. The molecule has 5 rings (SSSR count). The maximum absolute atomic E-state index is 12.7. The monoisotopic (exact) mass is 402 g/mol. The molecule has 0 N–H and O–H groups in total. The maximum Gasteiger partial charge on any atom is 0.276 e. The molecule has 0 atom stereocenters. The van der Waals surface area contributed by atoms with Gasteiger partial charge in [-0.25, -0.2) is 0 Å². The predicted octanol–water partition coefficient (Wildman–Crippen LogP) is 2.75. The number of hydrogen-bond acceptors (Lipinski definition) is 8. The number of carbonyl (C=O) groups excluding carboxylic acids is 1. The number of nitrogens with zero attached hydrogens (tertiary/aromatic N) is 6. The van der Waals surface area contributed by atoms with E-state index in [4.69, 9.17) is 8.94 Å². The van der Waals surface area contributed by atoms with Crippen LogP contribution in [0, 0.1) is 0 Å². The van der Waals surface area contributed by atoms with Crippen molar-refractivity contribution in [3.05, 3.63) is 66.7 Å². The summed E-state index contributed by atoms with van der Waals surface area (Å²) in [7, 11) is 0. The lowest BCUT2D eigenvalue weighted by Crippen LogP contribution is -2.49. The molecule has 0 saturated carbocycles. The summed E-state index contributed by atoms with van der Waals surface area (Å²) in [6.45, 7) is 2.44. The molecule has 9 heteroatoms. The van der Waals surface area contributed by atoms with E-state index in [9.17, 15) is 4.79 Å². The summed E-state index contributed by atoms with van der Waals surface area (Å²) in [4.78, 5) is 20.9. The van der Waals surface area contributed by atoms with Gasteiger partial charge in [0.25, 0.3) is 5.91 Å². The molecule has 0 radical (unpaired) electrons. The van der Waals surface area contributed by atoms with Gasteiger partial charge in [-0.15, -0.1) is 10.2 Å². The zero-order valence-corrected chi connectivity index (χ0v) is 16.0. The molecule has 1 saturated heterocycles. The van der Waals surface area contributed by atoms with Gasteiger partial charge >= 0.3 is 0 Å². The van der Waals surface area contributed by atoms with Gasteiger partial charge in [-0.05, 0) is 36.4 Å². The lowest BCUT2D eigenvalue weighted by atomic mass is 10.2. The van der Waals surface area contributed by atoms with E-state index in [-0.39, 0.29) is 11.6 Å². The topological polar surface area (TPSA) is 101 Å². The normalized spacial score (nSPS) is 14.1. The average molecular weight is 402 g/mol. The number of rotatable bonds is 4. The molecule has 4 aromatic rings. The number of aromatic nitrogens is 4. The second kappa shape index (κ2) is 7.78. The van der Waals surface area contributed by atoms with Crippen LogP contribution < -0.4 is 4.90 Å². The molecule has 0 bridgehead atoms. The van der Waals surface area contributed by atoms with Crippen molar-refractivity contribution in [3.8, 4) is 22.9 Å². The van der Waals surface area contributed by atoms with Gasteiger partial charge in [0.1, 0.15) is 5.69 Å². The highest BCUT2D eigenvalue weighted by atomic mass is 16.5. The van der Waals surface area contributed by atoms with Crippen LogP contribution >= 0.6 is 0 Å². The highest BCUT2D eigenvalue weighted by Gasteiger charge is 2.26. The standard InChI is InChI=1S/C21H18N6O3/c28-21(17-14-19(30-25-17)18-5-3-13-29-18)27-11-9-26(10-12-27)20-7-6-16(23-24-20)15-4-1-2-8-22-15/h1-8,13-14H,9-12H2. The highest BCUT2D eigenvalue weighted by molar-refractivity contribution is 5.93. The molecule has 9 nitrogen and oxygen atoms in total. The van der Waals surface area contributed by atoms with E-state index in [1.807, 2.05) is 30.3 Å². The molecule has 4 aromatic heterocycles. The molecule has 0 unspecified atom stereocenters. The average Bonchev–Trinajstić information content (AvgIpc) is 3.52. The third-order valence-electron chi connectivity index (χ3n) is 4.96. The molecule has 150 valence electrons. The molecule has 1 aliphatic rings. The molecular weight excluding hydrogens is 384 g/mol. The van der Waals surface area contributed by atoms with Gasteiger partial charge < -0.3 is 18.7 Å². The maximum atomic E-state index is 12.7. The van der Waals surface area contributed by atoms with E-state index in [1.165, 1.54) is 0 Å². The van der Waals surface area contributed by atoms with Crippen LogP contribution in [0.4, 0.5) is 5.82 Å². The Labute approximate surface area is 171 Å². The smallest absolute Gasteiger partial charge is 0.276 e. The first kappa shape index (κ1) is 18.0. The van der Waals surface area contributed by atoms with Crippen molar-refractivity contribution in [3.63, 3.8) is 0 Å². The van der Waals surface area contributed by atoms with Crippen LogP contribution in [0.15, 0.2) is 69.9 Å². The fraction of sp³-hybridized carbons (Fsp3) is 0.190. The van der Waals surface area contributed by atoms with Crippen molar-refractivity contribution >= 4 is 11.7 Å². The summed E-state index contributed by atoms with van der Waals surface area (Å²) in [5.74, 6) is 1.60. The third-order valence-corrected chi connectivity index (χ3v) is 4.96. The number of anilines is 1. The van der Waals surface area contributed by atoms with Crippen LogP contribution in [0.3, 0.4) is 0 Å². The van der Waals surface area contributed by atoms with E-state index in [0.717, 1.165) is 17.2 Å². The largest absolute Gasteiger partial charge is 0.461 e. The number of furan rings is 1. The predicted molar refractivity (Wildman–Crippen MR) is 108 cm³/mol. The number of carbonyl (C=O) groups is 1. The minimum absolute atomic E-state index is 0.159. The highest BCUT2D eigenvalue weighted by Crippen LogP contribution is 2.22. The second-order valence-corrected chi connectivity index (χ2v) is 6.82. The molecule has 1 fully saturated rings. The zero-order chi connectivity index (χ0) is 20.3. The molecule has 0 spiro atoms. The number of pyridine rings is 1. The third kappa shape index (κ3) is 3.52. The van der Waals surface area contributed by atoms with Crippen molar-refractivity contribution in [1.29, 1.82) is 0 Å². The number of piperazine rings is 1. The minimum Gasteiger partial charge on any atom is -0.461 e. The SMILES string of the molecule is O=C(c1cc(-c2ccco2)on1)N1CCN(c2ccc(-c3ccccn3)nn2)CC1. The van der Waals surface area contributed by atoms with Gasteiger partial charge in [0.2, 0.25) is 5.76 Å². The van der Waals surface area contributed by atoms with Crippen molar-refractivity contribution in [2.24, 2.45) is 0 Å². The van der Waals surface area contributed by atoms with Gasteiger partial charge in [0.15, 0.2) is 17.3 Å². The zero-order valence-electron chi connectivity index (χ0n) is 16.0. The van der Waals surface area contributed by atoms with Crippen molar-refractivity contribution < 1.29 is 13.7 Å². The van der Waals surface area contributed by atoms with Crippen molar-refractivity contribution in [2.75, 3.05) is 31.1 Å². The summed E-state index contributed by atoms with van der Waals surface area (Å²) in [6, 6.07) is 14.6. The molecule has 5 heterocycles. The van der Waals surface area contributed by atoms with Gasteiger partial charge in [-0.3, -0.25) is 9.78 Å². The molecular formula is C21H18N6O3. The Morgan fingerprint density at radius 2 is 1.80 bits per heavy atom. The van der Waals surface area contributed by atoms with Crippen LogP contribution in [-0.2, 0) is 0 Å². The summed E-state index contributed by atoms with van der Waals surface area (Å²) < 4.78 is 10.5. The molecule has 0 aromatic carbocycles. The van der Waals surface area contributed by atoms with Gasteiger partial charge in [-0.1, -0.05) is 11.2 Å². The summed E-state index contributed by atoms with van der Waals surface area (Å²) in [6.07, 6.45) is 3.28. The summed E-state index contributed by atoms with van der Waals surface area (Å²) >= 11 is 0. The fourth-order valence-electron chi connectivity index (χ4n) is 3.36. The Kier molecular flexibility index (Phi) is 4.68. The first-order valence-corrected chi connectivity index (χ1v) is 9.58. The lowest BCUT2D eigenvalue weighted by molar-refractivity contribution is 0.0736. The van der Waals surface area contributed by atoms with Crippen LogP contribution in [0.5, 0.6) is 0 Å². The molecule has 0 aliphatic carbocycles. The first-order valence-electron chi connectivity index (χ1n) is 9.58. The van der Waals surface area contributed by atoms with Crippen molar-refractivity contribution in [1.82, 2.24) is 25.2 Å². The first-order chi connectivity index (χ1) is 14.8. The Morgan fingerprint density at radius 1 is 0.900 bits per heavy atom. The van der Waals surface area contributed by atoms with Gasteiger partial charge in [0.05, 0.1) is 12.0 Å². The van der Waals surface area contributed by atoms with E-state index in [2.05, 4.69) is 25.2 Å².